The van der Waals surface area contributed by atoms with Crippen molar-refractivity contribution in [2.75, 3.05) is 0 Å². The van der Waals surface area contributed by atoms with E-state index in [4.69, 9.17) is 4.52 Å². The Hall–Kier alpha value is -2.20. The van der Waals surface area contributed by atoms with Crippen molar-refractivity contribution in [2.45, 2.75) is 0 Å². The van der Waals surface area contributed by atoms with Gasteiger partial charge in [-0.25, -0.2) is 4.98 Å². The normalized spacial score (nSPS) is 11.3. The molecule has 85 valence electrons. The number of hydrogen-bond acceptors (Lipinski definition) is 4. The van der Waals surface area contributed by atoms with E-state index in [2.05, 4.69) is 15.7 Å². The molecule has 4 aromatic rings. The molecule has 2 heterocycles. The molecule has 0 aliphatic rings. The summed E-state index contributed by atoms with van der Waals surface area (Å²) >= 11 is 1.51. The number of nitrogens with zero attached hydrogens (tertiary/aromatic N) is 2. The zero-order valence-corrected chi connectivity index (χ0v) is 10.1. The second-order valence-electron chi connectivity index (χ2n) is 3.98. The number of thiazole rings is 1. The molecule has 2 aromatic carbocycles. The number of para-hydroxylation sites is 2. The summed E-state index contributed by atoms with van der Waals surface area (Å²) in [5.74, 6) is 0. The van der Waals surface area contributed by atoms with E-state index in [-0.39, 0.29) is 0 Å². The standard InChI is InChI=1S/C14H7N2OS/c1-2-6-11-9(4-1)13(16-17-11)10-5-3-7-12-14(10)15-8-18-12/h1-7H. The van der Waals surface area contributed by atoms with Crippen molar-refractivity contribution >= 4 is 32.5 Å². The largest absolute Gasteiger partial charge is 0.356 e. The summed E-state index contributed by atoms with van der Waals surface area (Å²) in [7, 11) is 0. The molecule has 0 aliphatic carbocycles. The molecule has 4 rings (SSSR count). The highest BCUT2D eigenvalue weighted by Gasteiger charge is 2.13. The lowest BCUT2D eigenvalue weighted by Gasteiger charge is -1.97. The second-order valence-corrected chi connectivity index (χ2v) is 4.81. The minimum atomic E-state index is 0.795. The van der Waals surface area contributed by atoms with Crippen LogP contribution in [-0.4, -0.2) is 10.1 Å². The molecule has 0 amide bonds. The Morgan fingerprint density at radius 2 is 2.00 bits per heavy atom. The van der Waals surface area contributed by atoms with Gasteiger partial charge in [0.05, 0.1) is 10.2 Å². The predicted molar refractivity (Wildman–Crippen MR) is 71.5 cm³/mol. The molecule has 0 unspecified atom stereocenters. The first kappa shape index (κ1) is 9.79. The fraction of sp³-hybridized carbons (Fsp3) is 0. The zero-order valence-electron chi connectivity index (χ0n) is 9.25. The smallest absolute Gasteiger partial charge is 0.167 e. The van der Waals surface area contributed by atoms with Crippen molar-refractivity contribution in [3.8, 4) is 11.3 Å². The van der Waals surface area contributed by atoms with Crippen LogP contribution in [-0.2, 0) is 0 Å². The predicted octanol–water partition coefficient (Wildman–Crippen LogP) is 3.90. The highest BCUT2D eigenvalue weighted by molar-refractivity contribution is 7.16. The topological polar surface area (TPSA) is 38.9 Å². The molecule has 0 spiro atoms. The Morgan fingerprint density at radius 3 is 3.00 bits per heavy atom. The summed E-state index contributed by atoms with van der Waals surface area (Å²) in [6.07, 6.45) is 0. The zero-order chi connectivity index (χ0) is 11.9. The molecule has 2 aromatic heterocycles. The minimum Gasteiger partial charge on any atom is -0.356 e. The quantitative estimate of drug-likeness (QED) is 0.515. The van der Waals surface area contributed by atoms with Gasteiger partial charge in [-0.3, -0.25) is 0 Å². The van der Waals surface area contributed by atoms with Gasteiger partial charge in [-0.1, -0.05) is 29.4 Å². The average molecular weight is 251 g/mol. The van der Waals surface area contributed by atoms with E-state index < -0.39 is 0 Å². The molecule has 0 saturated heterocycles. The van der Waals surface area contributed by atoms with Gasteiger partial charge in [-0.05, 0) is 18.2 Å². The average Bonchev–Trinajstić information content (AvgIpc) is 3.05. The van der Waals surface area contributed by atoms with Crippen molar-refractivity contribution in [2.24, 2.45) is 0 Å². The van der Waals surface area contributed by atoms with Crippen molar-refractivity contribution < 1.29 is 4.52 Å². The minimum absolute atomic E-state index is 0.795. The Morgan fingerprint density at radius 1 is 1.06 bits per heavy atom. The lowest BCUT2D eigenvalue weighted by atomic mass is 10.1. The van der Waals surface area contributed by atoms with Gasteiger partial charge >= 0.3 is 0 Å². The monoisotopic (exact) mass is 251 g/mol. The van der Waals surface area contributed by atoms with E-state index in [0.29, 0.717) is 0 Å². The van der Waals surface area contributed by atoms with Gasteiger partial charge in [-0.2, -0.15) is 0 Å². The van der Waals surface area contributed by atoms with Crippen molar-refractivity contribution in [3.63, 3.8) is 0 Å². The highest BCUT2D eigenvalue weighted by Crippen LogP contribution is 2.33. The van der Waals surface area contributed by atoms with Crippen LogP contribution in [0, 0.1) is 5.51 Å². The fourth-order valence-corrected chi connectivity index (χ4v) is 2.74. The Kier molecular flexibility index (Phi) is 1.98. The summed E-state index contributed by atoms with van der Waals surface area (Å²) < 4.78 is 6.46. The molecule has 0 atom stereocenters. The SMILES string of the molecule is [c]1nc2c(-c3noc4ccccc34)cccc2s1. The first-order valence-electron chi connectivity index (χ1n) is 5.54. The molecule has 0 fully saturated rings. The Balaban J connectivity index is 2.10. The molecule has 0 bridgehead atoms. The van der Waals surface area contributed by atoms with Crippen LogP contribution in [0.25, 0.3) is 32.4 Å². The lowest BCUT2D eigenvalue weighted by molar-refractivity contribution is 0.459. The first-order chi connectivity index (χ1) is 8.93. The number of aromatic nitrogens is 2. The first-order valence-corrected chi connectivity index (χ1v) is 6.35. The van der Waals surface area contributed by atoms with Gasteiger partial charge in [0.2, 0.25) is 0 Å². The molecule has 0 aliphatic heterocycles. The summed E-state index contributed by atoms with van der Waals surface area (Å²) in [5, 5.41) is 5.18. The number of benzene rings is 2. The van der Waals surface area contributed by atoms with Crippen LogP contribution >= 0.6 is 11.3 Å². The maximum atomic E-state index is 5.34. The molecule has 3 nitrogen and oxygen atoms in total. The van der Waals surface area contributed by atoms with Crippen LogP contribution in [0.15, 0.2) is 47.0 Å². The summed E-state index contributed by atoms with van der Waals surface area (Å²) in [4.78, 5) is 4.29. The summed E-state index contributed by atoms with van der Waals surface area (Å²) in [6, 6.07) is 13.9. The maximum absolute atomic E-state index is 5.34. The van der Waals surface area contributed by atoms with E-state index >= 15 is 0 Å². The van der Waals surface area contributed by atoms with Crippen LogP contribution in [0.5, 0.6) is 0 Å². The molecular formula is C14H7N2OS. The molecular weight excluding hydrogens is 244 g/mol. The molecule has 4 heteroatoms. The van der Waals surface area contributed by atoms with Crippen LogP contribution in [0.4, 0.5) is 0 Å². The van der Waals surface area contributed by atoms with Crippen LogP contribution in [0.2, 0.25) is 0 Å². The third-order valence-corrected chi connectivity index (χ3v) is 3.68. The van der Waals surface area contributed by atoms with E-state index in [0.717, 1.165) is 32.4 Å². The van der Waals surface area contributed by atoms with Crippen LogP contribution in [0.1, 0.15) is 0 Å². The van der Waals surface area contributed by atoms with Crippen molar-refractivity contribution in [1.29, 1.82) is 0 Å². The number of fused-ring (bicyclic) bond motifs is 2. The Bertz CT molecular complexity index is 847. The van der Waals surface area contributed by atoms with E-state index in [1.807, 2.05) is 42.5 Å². The van der Waals surface area contributed by atoms with E-state index in [1.54, 1.807) is 0 Å². The van der Waals surface area contributed by atoms with Gasteiger partial charge in [0.15, 0.2) is 11.1 Å². The number of hydrogen-bond donors (Lipinski definition) is 0. The fourth-order valence-electron chi connectivity index (χ4n) is 2.11. The third-order valence-electron chi connectivity index (χ3n) is 2.94. The molecule has 0 N–H and O–H groups in total. The molecule has 0 saturated carbocycles. The van der Waals surface area contributed by atoms with E-state index in [1.165, 1.54) is 11.3 Å². The maximum Gasteiger partial charge on any atom is 0.167 e. The highest BCUT2D eigenvalue weighted by atomic mass is 32.1. The van der Waals surface area contributed by atoms with Gasteiger partial charge in [0.1, 0.15) is 5.69 Å². The number of rotatable bonds is 1. The second kappa shape index (κ2) is 3.65. The van der Waals surface area contributed by atoms with Crippen molar-refractivity contribution in [3.05, 3.63) is 48.0 Å². The van der Waals surface area contributed by atoms with Gasteiger partial charge in [0, 0.05) is 10.9 Å². The third kappa shape index (κ3) is 1.29. The Labute approximate surface area is 107 Å². The van der Waals surface area contributed by atoms with Crippen LogP contribution < -0.4 is 0 Å². The van der Waals surface area contributed by atoms with Gasteiger partial charge < -0.3 is 4.52 Å². The summed E-state index contributed by atoms with van der Waals surface area (Å²) in [6.45, 7) is 0. The van der Waals surface area contributed by atoms with E-state index in [9.17, 15) is 0 Å². The molecule has 18 heavy (non-hydrogen) atoms. The van der Waals surface area contributed by atoms with Gasteiger partial charge in [-0.15, -0.1) is 11.3 Å². The van der Waals surface area contributed by atoms with Crippen molar-refractivity contribution in [1.82, 2.24) is 10.1 Å². The molecule has 1 radical (unpaired) electrons. The lowest BCUT2D eigenvalue weighted by Crippen LogP contribution is -1.80. The van der Waals surface area contributed by atoms with Gasteiger partial charge in [0.25, 0.3) is 0 Å². The van der Waals surface area contributed by atoms with Crippen LogP contribution in [0.3, 0.4) is 0 Å². The summed E-state index contributed by atoms with van der Waals surface area (Å²) in [5.41, 5.74) is 6.49.